The number of hydrogen-bond donors (Lipinski definition) is 2. The minimum atomic E-state index is -1.16. The quantitative estimate of drug-likeness (QED) is 0.770. The van der Waals surface area contributed by atoms with Gasteiger partial charge in [0.05, 0.1) is 17.2 Å². The van der Waals surface area contributed by atoms with Gasteiger partial charge in [-0.1, -0.05) is 48.5 Å². The number of hydrogen-bond acceptors (Lipinski definition) is 3. The summed E-state index contributed by atoms with van der Waals surface area (Å²) in [6, 6.07) is 22.2. The van der Waals surface area contributed by atoms with E-state index in [2.05, 4.69) is 4.98 Å². The van der Waals surface area contributed by atoms with Crippen LogP contribution in [0.3, 0.4) is 0 Å². The number of phenolic OH excluding ortho intramolecular Hbond substituents is 1. The zero-order chi connectivity index (χ0) is 16.3. The van der Waals surface area contributed by atoms with Crippen molar-refractivity contribution in [3.8, 4) is 5.75 Å². The van der Waals surface area contributed by atoms with E-state index in [1.54, 1.807) is 37.4 Å². The highest BCUT2D eigenvalue weighted by atomic mass is 16.3. The van der Waals surface area contributed by atoms with Crippen LogP contribution in [-0.2, 0) is 5.60 Å². The third kappa shape index (κ3) is 3.10. The Morgan fingerprint density at radius 3 is 2.13 bits per heavy atom. The first-order chi connectivity index (χ1) is 11.1. The maximum atomic E-state index is 11.3. The fourth-order valence-electron chi connectivity index (χ4n) is 2.94. The summed E-state index contributed by atoms with van der Waals surface area (Å²) in [5.74, 6) is -0.131. The van der Waals surface area contributed by atoms with E-state index in [0.29, 0.717) is 0 Å². The lowest BCUT2D eigenvalue weighted by molar-refractivity contribution is 0.0380. The van der Waals surface area contributed by atoms with Crippen molar-refractivity contribution in [2.45, 2.75) is 18.4 Å². The maximum absolute atomic E-state index is 11.3. The molecule has 3 heteroatoms. The standard InChI is InChI=1S/C20H19NO2/c1-20(23,16-10-12-17(22)13-11-16)19(15-7-3-2-4-8-15)18-9-5-6-14-21-18/h2-14,19,22-23H,1H3/t19-,20-/m1/s1. The number of pyridine rings is 1. The molecule has 1 heterocycles. The van der Waals surface area contributed by atoms with Gasteiger partial charge in [-0.05, 0) is 42.3 Å². The molecule has 0 saturated carbocycles. The van der Waals surface area contributed by atoms with E-state index in [4.69, 9.17) is 0 Å². The highest BCUT2D eigenvalue weighted by molar-refractivity contribution is 5.38. The lowest BCUT2D eigenvalue weighted by Gasteiger charge is -2.33. The summed E-state index contributed by atoms with van der Waals surface area (Å²) in [4.78, 5) is 4.46. The van der Waals surface area contributed by atoms with Gasteiger partial charge in [0.1, 0.15) is 5.75 Å². The summed E-state index contributed by atoms with van der Waals surface area (Å²) in [6.45, 7) is 1.78. The molecule has 2 atom stereocenters. The molecule has 0 unspecified atom stereocenters. The second-order valence-electron chi connectivity index (χ2n) is 5.79. The molecule has 0 radical (unpaired) electrons. The molecule has 116 valence electrons. The van der Waals surface area contributed by atoms with Crippen LogP contribution < -0.4 is 0 Å². The Morgan fingerprint density at radius 1 is 0.870 bits per heavy atom. The van der Waals surface area contributed by atoms with Gasteiger partial charge < -0.3 is 10.2 Å². The number of aromatic nitrogens is 1. The van der Waals surface area contributed by atoms with Crippen molar-refractivity contribution in [3.05, 3.63) is 95.8 Å². The highest BCUT2D eigenvalue weighted by Crippen LogP contribution is 2.41. The number of benzene rings is 2. The molecule has 2 aromatic carbocycles. The fraction of sp³-hybridized carbons (Fsp3) is 0.150. The summed E-state index contributed by atoms with van der Waals surface area (Å²) < 4.78 is 0. The van der Waals surface area contributed by atoms with E-state index in [1.807, 2.05) is 48.5 Å². The van der Waals surface area contributed by atoms with E-state index in [0.717, 1.165) is 16.8 Å². The van der Waals surface area contributed by atoms with Gasteiger partial charge in [0.25, 0.3) is 0 Å². The Balaban J connectivity index is 2.13. The normalized spacial score (nSPS) is 14.9. The molecule has 0 spiro atoms. The zero-order valence-corrected chi connectivity index (χ0v) is 12.9. The molecule has 0 bridgehead atoms. The molecule has 3 aromatic rings. The first-order valence-corrected chi connectivity index (χ1v) is 7.57. The fourth-order valence-corrected chi connectivity index (χ4v) is 2.94. The van der Waals surface area contributed by atoms with Gasteiger partial charge in [0, 0.05) is 6.20 Å². The van der Waals surface area contributed by atoms with Gasteiger partial charge in [0.2, 0.25) is 0 Å². The van der Waals surface area contributed by atoms with Gasteiger partial charge in [-0.25, -0.2) is 0 Å². The summed E-state index contributed by atoms with van der Waals surface area (Å²) in [5.41, 5.74) is 1.36. The van der Waals surface area contributed by atoms with Crippen LogP contribution in [0.4, 0.5) is 0 Å². The monoisotopic (exact) mass is 305 g/mol. The van der Waals surface area contributed by atoms with Gasteiger partial charge >= 0.3 is 0 Å². The Labute approximate surface area is 135 Å². The van der Waals surface area contributed by atoms with Crippen LogP contribution in [0.1, 0.15) is 29.7 Å². The molecule has 0 aliphatic heterocycles. The molecule has 1 aromatic heterocycles. The molecule has 23 heavy (non-hydrogen) atoms. The predicted molar refractivity (Wildman–Crippen MR) is 90.2 cm³/mol. The van der Waals surface area contributed by atoms with Crippen LogP contribution in [0.5, 0.6) is 5.75 Å². The Bertz CT molecular complexity index is 713. The summed E-state index contributed by atoms with van der Waals surface area (Å²) in [5, 5.41) is 20.8. The van der Waals surface area contributed by atoms with E-state index in [-0.39, 0.29) is 11.7 Å². The Kier molecular flexibility index (Phi) is 4.13. The van der Waals surface area contributed by atoms with Crippen molar-refractivity contribution < 1.29 is 10.2 Å². The topological polar surface area (TPSA) is 53.4 Å². The van der Waals surface area contributed by atoms with Crippen molar-refractivity contribution in [2.24, 2.45) is 0 Å². The molecule has 0 fully saturated rings. The molecule has 0 amide bonds. The van der Waals surface area contributed by atoms with Crippen LogP contribution in [-0.4, -0.2) is 15.2 Å². The van der Waals surface area contributed by atoms with Gasteiger partial charge in [-0.2, -0.15) is 0 Å². The summed E-state index contributed by atoms with van der Waals surface area (Å²) in [7, 11) is 0. The third-order valence-electron chi connectivity index (χ3n) is 4.13. The van der Waals surface area contributed by atoms with Gasteiger partial charge in [-0.3, -0.25) is 4.98 Å². The van der Waals surface area contributed by atoms with Crippen LogP contribution in [0, 0.1) is 0 Å². The number of aliphatic hydroxyl groups is 1. The van der Waals surface area contributed by atoms with Crippen molar-refractivity contribution in [1.82, 2.24) is 4.98 Å². The zero-order valence-electron chi connectivity index (χ0n) is 12.9. The number of aromatic hydroxyl groups is 1. The largest absolute Gasteiger partial charge is 0.508 e. The van der Waals surface area contributed by atoms with Crippen LogP contribution in [0.2, 0.25) is 0 Å². The smallest absolute Gasteiger partial charge is 0.115 e. The minimum absolute atomic E-state index is 0.179. The van der Waals surface area contributed by atoms with Crippen LogP contribution in [0.25, 0.3) is 0 Å². The van der Waals surface area contributed by atoms with E-state index >= 15 is 0 Å². The lowest BCUT2D eigenvalue weighted by Crippen LogP contribution is -2.31. The second-order valence-corrected chi connectivity index (χ2v) is 5.79. The molecule has 0 aliphatic carbocycles. The summed E-state index contributed by atoms with van der Waals surface area (Å²) in [6.07, 6.45) is 1.73. The van der Waals surface area contributed by atoms with Crippen molar-refractivity contribution in [1.29, 1.82) is 0 Å². The first-order valence-electron chi connectivity index (χ1n) is 7.57. The maximum Gasteiger partial charge on any atom is 0.115 e. The SMILES string of the molecule is C[C@@](O)(c1ccc(O)cc1)[C@H](c1ccccc1)c1ccccn1. The number of phenols is 1. The van der Waals surface area contributed by atoms with E-state index < -0.39 is 5.60 Å². The van der Waals surface area contributed by atoms with Crippen molar-refractivity contribution in [3.63, 3.8) is 0 Å². The number of nitrogens with zero attached hydrogens (tertiary/aromatic N) is 1. The van der Waals surface area contributed by atoms with E-state index in [1.165, 1.54) is 0 Å². The lowest BCUT2D eigenvalue weighted by atomic mass is 9.76. The van der Waals surface area contributed by atoms with Gasteiger partial charge in [0.15, 0.2) is 0 Å². The highest BCUT2D eigenvalue weighted by Gasteiger charge is 2.36. The van der Waals surface area contributed by atoms with Crippen molar-refractivity contribution in [2.75, 3.05) is 0 Å². The Hall–Kier alpha value is -2.65. The summed E-state index contributed by atoms with van der Waals surface area (Å²) >= 11 is 0. The molecule has 3 rings (SSSR count). The third-order valence-corrected chi connectivity index (χ3v) is 4.13. The van der Waals surface area contributed by atoms with Crippen molar-refractivity contribution >= 4 is 0 Å². The van der Waals surface area contributed by atoms with E-state index in [9.17, 15) is 10.2 Å². The van der Waals surface area contributed by atoms with Gasteiger partial charge in [-0.15, -0.1) is 0 Å². The van der Waals surface area contributed by atoms with Crippen LogP contribution in [0.15, 0.2) is 79.0 Å². The molecular weight excluding hydrogens is 286 g/mol. The average Bonchev–Trinajstić information content (AvgIpc) is 2.57. The molecule has 0 saturated heterocycles. The average molecular weight is 305 g/mol. The van der Waals surface area contributed by atoms with Crippen LogP contribution >= 0.6 is 0 Å². The molecular formula is C20H19NO2. The second kappa shape index (κ2) is 6.23. The molecule has 3 nitrogen and oxygen atoms in total. The predicted octanol–water partition coefficient (Wildman–Crippen LogP) is 3.83. The number of rotatable bonds is 4. The molecule has 0 aliphatic rings. The molecule has 2 N–H and O–H groups in total. The Morgan fingerprint density at radius 2 is 1.52 bits per heavy atom. The first kappa shape index (κ1) is 15.3. The minimum Gasteiger partial charge on any atom is -0.508 e.